The molecule has 5 nitrogen and oxygen atoms in total. The van der Waals surface area contributed by atoms with E-state index in [-0.39, 0.29) is 18.3 Å². The topological polar surface area (TPSA) is 62.7 Å². The molecule has 0 aliphatic carbocycles. The second-order valence-corrected chi connectivity index (χ2v) is 11.2. The molecule has 0 radical (unpaired) electrons. The van der Waals surface area contributed by atoms with Gasteiger partial charge in [-0.2, -0.15) is 0 Å². The first kappa shape index (κ1) is 27.4. The number of rotatable bonds is 12. The zero-order valence-corrected chi connectivity index (χ0v) is 22.6. The van der Waals surface area contributed by atoms with Gasteiger partial charge in [-0.25, -0.2) is 4.39 Å². The number of methoxy groups -OCH3 is 1. The molecule has 37 heavy (non-hydrogen) atoms. The highest BCUT2D eigenvalue weighted by Gasteiger charge is 2.31. The van der Waals surface area contributed by atoms with Crippen molar-refractivity contribution in [1.82, 2.24) is 9.88 Å². The molecule has 3 aromatic rings. The summed E-state index contributed by atoms with van der Waals surface area (Å²) in [7, 11) is 1.60. The minimum absolute atomic E-state index is 0.0529. The Hall–Kier alpha value is -2.64. The molecule has 7 heteroatoms. The van der Waals surface area contributed by atoms with Gasteiger partial charge in [0.2, 0.25) is 0 Å². The molecule has 3 atom stereocenters. The summed E-state index contributed by atoms with van der Waals surface area (Å²) in [6, 6.07) is 15.8. The van der Waals surface area contributed by atoms with Crippen LogP contribution in [0.3, 0.4) is 0 Å². The second-order valence-electron chi connectivity index (χ2n) is 10.1. The fourth-order valence-electron chi connectivity index (χ4n) is 5.44. The number of carbonyl (C=O) groups is 1. The standard InChI is InChI=1S/C30H37FN2O3S/c1-21-5-3-6-25(17-21)37-16-4-14-33-15-12-22(23(20-33)18-30(34)35)7-9-28(31)26-11-13-32-29-10-8-24(36-2)19-27(26)29/h3,5-6,8,10-11,13,17,19,22-23,28H,4,7,9,12,14-16,18,20H2,1-2H3,(H,34,35)/t22-,23+,28?/m1/s1. The molecule has 0 amide bonds. The van der Waals surface area contributed by atoms with Crippen LogP contribution in [0.5, 0.6) is 5.75 Å². The minimum Gasteiger partial charge on any atom is -0.497 e. The summed E-state index contributed by atoms with van der Waals surface area (Å²) < 4.78 is 20.8. The number of ether oxygens (including phenoxy) is 1. The number of aromatic nitrogens is 1. The van der Waals surface area contributed by atoms with E-state index in [2.05, 4.69) is 41.1 Å². The smallest absolute Gasteiger partial charge is 0.303 e. The number of pyridine rings is 1. The fraction of sp³-hybridized carbons (Fsp3) is 0.467. The Morgan fingerprint density at radius 1 is 1.24 bits per heavy atom. The van der Waals surface area contributed by atoms with Crippen molar-refractivity contribution < 1.29 is 19.0 Å². The van der Waals surface area contributed by atoms with E-state index in [4.69, 9.17) is 4.74 Å². The van der Waals surface area contributed by atoms with Gasteiger partial charge in [-0.1, -0.05) is 17.7 Å². The molecule has 0 bridgehead atoms. The third kappa shape index (κ3) is 7.68. The molecule has 1 N–H and O–H groups in total. The SMILES string of the molecule is COc1ccc2nccc(C(F)CC[C@@H]3CCN(CCCSc4cccc(C)c4)C[C@@H]3CC(=O)O)c2c1. The monoisotopic (exact) mass is 524 g/mol. The van der Waals surface area contributed by atoms with Crippen LogP contribution in [0.25, 0.3) is 10.9 Å². The summed E-state index contributed by atoms with van der Waals surface area (Å²) in [4.78, 5) is 19.7. The maximum atomic E-state index is 15.5. The summed E-state index contributed by atoms with van der Waals surface area (Å²) in [6.07, 6.45) is 3.72. The second kappa shape index (κ2) is 13.2. The van der Waals surface area contributed by atoms with Crippen molar-refractivity contribution in [3.63, 3.8) is 0 Å². The van der Waals surface area contributed by atoms with Crippen molar-refractivity contribution in [2.24, 2.45) is 11.8 Å². The normalized spacial score (nSPS) is 19.1. The number of carboxylic acid groups (broad SMARTS) is 1. The van der Waals surface area contributed by atoms with Crippen molar-refractivity contribution in [3.8, 4) is 5.75 Å². The lowest BCUT2D eigenvalue weighted by atomic mass is 9.79. The van der Waals surface area contributed by atoms with Crippen LogP contribution in [0.15, 0.2) is 59.6 Å². The van der Waals surface area contributed by atoms with Gasteiger partial charge in [-0.3, -0.25) is 9.78 Å². The van der Waals surface area contributed by atoms with Gasteiger partial charge < -0.3 is 14.7 Å². The largest absolute Gasteiger partial charge is 0.497 e. The van der Waals surface area contributed by atoms with Gasteiger partial charge in [-0.05, 0) is 105 Å². The minimum atomic E-state index is -1.13. The van der Waals surface area contributed by atoms with E-state index < -0.39 is 12.1 Å². The van der Waals surface area contributed by atoms with Crippen molar-refractivity contribution in [2.45, 2.75) is 50.1 Å². The number of hydrogen-bond donors (Lipinski definition) is 1. The molecular formula is C30H37FN2O3S. The van der Waals surface area contributed by atoms with Gasteiger partial charge in [0.1, 0.15) is 11.9 Å². The van der Waals surface area contributed by atoms with Crippen molar-refractivity contribution in [1.29, 1.82) is 0 Å². The lowest BCUT2D eigenvalue weighted by molar-refractivity contribution is -0.139. The Balaban J connectivity index is 1.31. The number of halogens is 1. The van der Waals surface area contributed by atoms with E-state index in [1.54, 1.807) is 19.4 Å². The molecule has 1 saturated heterocycles. The number of carboxylic acids is 1. The van der Waals surface area contributed by atoms with Gasteiger partial charge in [0, 0.05) is 29.4 Å². The van der Waals surface area contributed by atoms with E-state index in [1.807, 2.05) is 30.0 Å². The number of thioether (sulfide) groups is 1. The number of nitrogens with zero attached hydrogens (tertiary/aromatic N) is 2. The first-order valence-electron chi connectivity index (χ1n) is 13.1. The van der Waals surface area contributed by atoms with Gasteiger partial charge in [-0.15, -0.1) is 11.8 Å². The van der Waals surface area contributed by atoms with Crippen molar-refractivity contribution in [3.05, 3.63) is 65.9 Å². The maximum Gasteiger partial charge on any atom is 0.303 e. The first-order valence-corrected chi connectivity index (χ1v) is 14.1. The van der Waals surface area contributed by atoms with Gasteiger partial charge in [0.05, 0.1) is 12.6 Å². The van der Waals surface area contributed by atoms with Crippen molar-refractivity contribution >= 4 is 28.6 Å². The Bertz CT molecular complexity index is 1190. The molecule has 1 aliphatic heterocycles. The Morgan fingerprint density at radius 2 is 2.11 bits per heavy atom. The predicted octanol–water partition coefficient (Wildman–Crippen LogP) is 6.94. The molecule has 1 fully saturated rings. The lowest BCUT2D eigenvalue weighted by Crippen LogP contribution is -2.42. The van der Waals surface area contributed by atoms with Crippen LogP contribution in [0.1, 0.15) is 49.4 Å². The number of aliphatic carboxylic acids is 1. The van der Waals surface area contributed by atoms with Crippen LogP contribution < -0.4 is 4.74 Å². The highest BCUT2D eigenvalue weighted by atomic mass is 32.2. The summed E-state index contributed by atoms with van der Waals surface area (Å²) in [5.41, 5.74) is 2.65. The average molecular weight is 525 g/mol. The van der Waals surface area contributed by atoms with E-state index in [9.17, 15) is 9.90 Å². The molecule has 0 spiro atoms. The van der Waals surface area contributed by atoms with Crippen LogP contribution in [0.2, 0.25) is 0 Å². The fourth-order valence-corrected chi connectivity index (χ4v) is 6.39. The van der Waals surface area contributed by atoms with E-state index in [0.717, 1.165) is 49.1 Å². The molecule has 1 unspecified atom stereocenters. The Kier molecular flexibility index (Phi) is 9.81. The number of alkyl halides is 1. The first-order chi connectivity index (χ1) is 17.9. The molecule has 4 rings (SSSR count). The van der Waals surface area contributed by atoms with Crippen LogP contribution >= 0.6 is 11.8 Å². The molecule has 198 valence electrons. The van der Waals surface area contributed by atoms with Crippen molar-refractivity contribution in [2.75, 3.05) is 32.5 Å². The third-order valence-electron chi connectivity index (χ3n) is 7.40. The molecule has 2 heterocycles. The van der Waals surface area contributed by atoms with E-state index in [0.29, 0.717) is 24.2 Å². The molecule has 1 aromatic heterocycles. The number of benzene rings is 2. The number of hydrogen-bond acceptors (Lipinski definition) is 5. The highest BCUT2D eigenvalue weighted by molar-refractivity contribution is 7.99. The zero-order valence-electron chi connectivity index (χ0n) is 21.7. The molecular weight excluding hydrogens is 487 g/mol. The Labute approximate surface area is 223 Å². The van der Waals surface area contributed by atoms with Gasteiger partial charge in [0.15, 0.2) is 0 Å². The van der Waals surface area contributed by atoms with Crippen LogP contribution in [-0.4, -0.2) is 53.5 Å². The summed E-state index contributed by atoms with van der Waals surface area (Å²) in [6.45, 7) is 4.80. The third-order valence-corrected chi connectivity index (χ3v) is 8.48. The Morgan fingerprint density at radius 3 is 2.89 bits per heavy atom. The van der Waals surface area contributed by atoms with Gasteiger partial charge >= 0.3 is 5.97 Å². The number of fused-ring (bicyclic) bond motifs is 1. The highest BCUT2D eigenvalue weighted by Crippen LogP contribution is 2.36. The molecule has 2 aromatic carbocycles. The lowest BCUT2D eigenvalue weighted by Gasteiger charge is -2.38. The summed E-state index contributed by atoms with van der Waals surface area (Å²) in [5.74, 6) is 1.23. The average Bonchev–Trinajstić information content (AvgIpc) is 2.89. The quantitative estimate of drug-likeness (QED) is 0.205. The predicted molar refractivity (Wildman–Crippen MR) is 148 cm³/mol. The van der Waals surface area contributed by atoms with E-state index in [1.165, 1.54) is 10.5 Å². The molecule has 1 aliphatic rings. The summed E-state index contributed by atoms with van der Waals surface area (Å²) in [5, 5.41) is 10.3. The number of aryl methyl sites for hydroxylation is 1. The number of piperidine rings is 1. The number of likely N-dealkylation sites (tertiary alicyclic amines) is 1. The molecule has 0 saturated carbocycles. The summed E-state index contributed by atoms with van der Waals surface area (Å²) >= 11 is 1.87. The van der Waals surface area contributed by atoms with Gasteiger partial charge in [0.25, 0.3) is 0 Å². The van der Waals surface area contributed by atoms with Crippen LogP contribution in [0, 0.1) is 18.8 Å². The van der Waals surface area contributed by atoms with E-state index >= 15 is 4.39 Å². The van der Waals surface area contributed by atoms with Crippen LogP contribution in [0.4, 0.5) is 4.39 Å². The zero-order chi connectivity index (χ0) is 26.2. The van der Waals surface area contributed by atoms with Crippen LogP contribution in [-0.2, 0) is 4.79 Å². The maximum absolute atomic E-state index is 15.5.